The van der Waals surface area contributed by atoms with E-state index in [0.717, 1.165) is 17.6 Å². The number of allylic oxidation sites excluding steroid dienone is 2. The van der Waals surface area contributed by atoms with E-state index in [-0.39, 0.29) is 51.0 Å². The molecule has 0 aromatic carbocycles. The summed E-state index contributed by atoms with van der Waals surface area (Å²) in [6, 6.07) is 2.95. The molecule has 3 unspecified atom stereocenters. The van der Waals surface area contributed by atoms with Gasteiger partial charge in [-0.05, 0) is 69.4 Å². The molecule has 255 valence electrons. The van der Waals surface area contributed by atoms with Crippen LogP contribution in [0, 0.1) is 11.8 Å². The summed E-state index contributed by atoms with van der Waals surface area (Å²) in [6.45, 7) is 8.06. The van der Waals surface area contributed by atoms with Crippen molar-refractivity contribution in [2.45, 2.75) is 104 Å². The molecule has 2 aliphatic rings. The maximum atomic E-state index is 13.5. The molecule has 1 fully saturated rings. The monoisotopic (exact) mass is 901 g/mol. The minimum absolute atomic E-state index is 0. The number of rotatable bonds is 5. The van der Waals surface area contributed by atoms with Gasteiger partial charge in [-0.15, -0.1) is 6.58 Å². The molecule has 9 nitrogen and oxygen atoms in total. The Hall–Kier alpha value is -1.58. The van der Waals surface area contributed by atoms with Crippen molar-refractivity contribution >= 4 is 69.4 Å². The number of fused-ring (bicyclic) bond motifs is 1. The number of hydrogen-bond donors (Lipinski definition) is 0. The quantitative estimate of drug-likeness (QED) is 0.133. The number of hydrogen-bond acceptors (Lipinski definition) is 8. The van der Waals surface area contributed by atoms with E-state index in [9.17, 15) is 24.0 Å². The normalized spacial score (nSPS) is 25.2. The molecule has 2 aliphatic heterocycles. The summed E-state index contributed by atoms with van der Waals surface area (Å²) in [5.74, 6) is -2.98. The maximum absolute atomic E-state index is 13.5. The van der Waals surface area contributed by atoms with Gasteiger partial charge < -0.3 is 14.4 Å². The molecule has 46 heavy (non-hydrogen) atoms. The van der Waals surface area contributed by atoms with Gasteiger partial charge in [-0.3, -0.25) is 24.2 Å². The zero-order valence-electron chi connectivity index (χ0n) is 26.1. The summed E-state index contributed by atoms with van der Waals surface area (Å²) in [4.78, 5) is 70.3. The van der Waals surface area contributed by atoms with Crippen molar-refractivity contribution in [1.82, 2.24) is 9.88 Å². The molecule has 0 radical (unpaired) electrons. The fourth-order valence-electron chi connectivity index (χ4n) is 5.48. The number of aromatic nitrogens is 1. The number of amides is 1. The van der Waals surface area contributed by atoms with Gasteiger partial charge in [-0.25, -0.2) is 4.79 Å². The van der Waals surface area contributed by atoms with Crippen LogP contribution in [-0.4, -0.2) is 64.6 Å². The van der Waals surface area contributed by atoms with Gasteiger partial charge in [0.15, 0.2) is 0 Å². The molecule has 1 saturated heterocycles. The summed E-state index contributed by atoms with van der Waals surface area (Å²) >= 11 is 4.74. The van der Waals surface area contributed by atoms with Crippen LogP contribution >= 0.6 is 40.0 Å². The molecule has 0 bridgehead atoms. The number of ether oxygens (including phenoxy) is 2. The van der Waals surface area contributed by atoms with Crippen LogP contribution in [-0.2, 0) is 49.3 Å². The van der Waals surface area contributed by atoms with Crippen LogP contribution < -0.4 is 0 Å². The molecule has 0 saturated carbocycles. The molecule has 3 rings (SSSR count). The predicted molar refractivity (Wildman–Crippen MR) is 192 cm³/mol. The predicted octanol–water partition coefficient (Wildman–Crippen LogP) is 7.13. The zero-order chi connectivity index (χ0) is 33.2. The fraction of sp³-hybridized carbons (Fsp3) is 0.588. The molecule has 12 heteroatoms. The van der Waals surface area contributed by atoms with Crippen molar-refractivity contribution in [3.63, 3.8) is 0 Å². The number of piperidine rings is 1. The molecular weight excluding hydrogens is 853 g/mol. The van der Waals surface area contributed by atoms with E-state index in [1.54, 1.807) is 18.5 Å². The second kappa shape index (κ2) is 23.7. The Morgan fingerprint density at radius 3 is 2.50 bits per heavy atom. The minimum atomic E-state index is -0.868. The third-order valence-electron chi connectivity index (χ3n) is 8.10. The van der Waals surface area contributed by atoms with E-state index in [1.807, 2.05) is 32.1 Å². The Bertz CT molecular complexity index is 1180. The van der Waals surface area contributed by atoms with E-state index in [2.05, 4.69) is 51.5 Å². The first-order valence-electron chi connectivity index (χ1n) is 15.4. The number of ketones is 2. The second-order valence-electron chi connectivity index (χ2n) is 11.5. The average Bonchev–Trinajstić information content (AvgIpc) is 3.04. The van der Waals surface area contributed by atoms with Crippen LogP contribution in [0.15, 0.2) is 48.8 Å². The molecular formula is C34H48I2N2O7V. The van der Waals surface area contributed by atoms with Gasteiger partial charge in [-0.2, -0.15) is 0 Å². The Labute approximate surface area is 303 Å². The summed E-state index contributed by atoms with van der Waals surface area (Å²) in [5, 5.41) is 0. The molecule has 1 aromatic rings. The molecule has 0 aliphatic carbocycles. The Morgan fingerprint density at radius 2 is 1.83 bits per heavy atom. The topological polar surface area (TPSA) is 120 Å². The summed E-state index contributed by atoms with van der Waals surface area (Å²) in [5.41, 5.74) is 1.92. The van der Waals surface area contributed by atoms with E-state index in [1.165, 1.54) is 4.90 Å². The molecule has 4 atom stereocenters. The third kappa shape index (κ3) is 15.1. The van der Waals surface area contributed by atoms with E-state index in [0.29, 0.717) is 60.8 Å². The van der Waals surface area contributed by atoms with Crippen LogP contribution in [0.4, 0.5) is 0 Å². The van der Waals surface area contributed by atoms with Crippen molar-refractivity contribution in [2.24, 2.45) is 11.8 Å². The third-order valence-corrected chi connectivity index (χ3v) is 8.10. The van der Waals surface area contributed by atoms with Gasteiger partial charge in [0.1, 0.15) is 17.9 Å². The number of pyridine rings is 1. The van der Waals surface area contributed by atoms with Gasteiger partial charge >= 0.3 is 61.4 Å². The molecule has 1 amide bonds. The van der Waals surface area contributed by atoms with E-state index >= 15 is 0 Å². The van der Waals surface area contributed by atoms with Crippen molar-refractivity contribution in [3.05, 3.63) is 54.4 Å². The number of aryl methyl sites for hydroxylation is 1. The zero-order valence-corrected chi connectivity index (χ0v) is 31.8. The SMILES string of the molecule is C.C=CCC1/C=C(\C)CCOC(=O)CCC(=O)C(=O)N2CCCC[C@H]2C(=O)OC(CCc2cccnc2)C(C)CCC1=O.[I][V][I]. The standard InChI is InChI=1S/C33H44N2O7.CH4.2HI.V/c1-4-8-26-21-23(2)17-20-41-31(38)16-14-29(37)32(39)35-19-6-5-10-27(35)33(40)42-30(24(3)11-13-28(26)36)15-12-25-9-7-18-34-22-25;;;;/h4,7,9,18,21-22,24,26-27,30H,1,5-6,8,10-17,19-20H2,2-3H3;1H4;2*1H;/q;;;;+2/p-2/b23-21+;;;;/t24?,26?,27-,30?;;;;/m0..../s1. The molecule has 3 heterocycles. The van der Waals surface area contributed by atoms with Crippen LogP contribution in [0.1, 0.15) is 91.0 Å². The van der Waals surface area contributed by atoms with Crippen molar-refractivity contribution < 1.29 is 42.9 Å². The Balaban J connectivity index is 0.00000254. The molecule has 0 spiro atoms. The average molecular weight is 902 g/mol. The van der Waals surface area contributed by atoms with Gasteiger partial charge in [0.2, 0.25) is 5.78 Å². The van der Waals surface area contributed by atoms with Gasteiger partial charge in [0.25, 0.3) is 5.91 Å². The van der Waals surface area contributed by atoms with E-state index in [4.69, 9.17) is 9.47 Å². The number of Topliss-reactive ketones (excluding diaryl/α,β-unsaturated/α-hetero) is 2. The number of carbonyl (C=O) groups excluding carboxylic acids is 5. The first-order chi connectivity index (χ1) is 21.6. The second-order valence-corrected chi connectivity index (χ2v) is 23.3. The van der Waals surface area contributed by atoms with Crippen LogP contribution in [0.3, 0.4) is 0 Å². The van der Waals surface area contributed by atoms with Gasteiger partial charge in [0.05, 0.1) is 13.0 Å². The number of nitrogens with zero attached hydrogens (tertiary/aromatic N) is 2. The van der Waals surface area contributed by atoms with Crippen molar-refractivity contribution in [2.75, 3.05) is 13.2 Å². The number of halogens is 2. The number of esters is 2. The first kappa shape index (κ1) is 42.4. The van der Waals surface area contributed by atoms with E-state index < -0.39 is 35.8 Å². The van der Waals surface area contributed by atoms with Crippen LogP contribution in [0.2, 0.25) is 0 Å². The van der Waals surface area contributed by atoms with Crippen LogP contribution in [0.5, 0.6) is 0 Å². The molecule has 0 N–H and O–H groups in total. The summed E-state index contributed by atoms with van der Waals surface area (Å²) < 4.78 is 11.3. The van der Waals surface area contributed by atoms with Gasteiger partial charge in [0, 0.05) is 44.1 Å². The summed E-state index contributed by atoms with van der Waals surface area (Å²) in [6.07, 6.45) is 10.9. The van der Waals surface area contributed by atoms with Crippen LogP contribution in [0.25, 0.3) is 0 Å². The van der Waals surface area contributed by atoms with Crippen molar-refractivity contribution in [3.8, 4) is 0 Å². The fourth-order valence-corrected chi connectivity index (χ4v) is 5.48. The van der Waals surface area contributed by atoms with Gasteiger partial charge in [-0.1, -0.05) is 38.1 Å². The summed E-state index contributed by atoms with van der Waals surface area (Å²) in [7, 11) is 0.628. The first-order valence-corrected chi connectivity index (χ1v) is 24.4. The number of carbonyl (C=O) groups is 5. The van der Waals surface area contributed by atoms with Crippen molar-refractivity contribution in [1.29, 1.82) is 0 Å². The Morgan fingerprint density at radius 1 is 1.09 bits per heavy atom. The number of cyclic esters (lactones) is 2. The molecule has 1 aromatic heterocycles. The Kier molecular flexibility index (Phi) is 21.9.